The summed E-state index contributed by atoms with van der Waals surface area (Å²) in [5.74, 6) is -3.18. The number of rotatable bonds is 2. The van der Waals surface area contributed by atoms with Crippen LogP contribution in [0.25, 0.3) is 0 Å². The standard InChI is InChI=1S/C10H6ClF3N4O2/c11-4-1-2-6(19)5(3-4)7(20)15-9-16-8(17-18-9)10(12,13)14/h1-3,19H,(H2,15,16,17,18,20). The van der Waals surface area contributed by atoms with Crippen molar-refractivity contribution in [2.45, 2.75) is 6.18 Å². The lowest BCUT2D eigenvalue weighted by Gasteiger charge is -2.04. The van der Waals surface area contributed by atoms with Crippen LogP contribution in [0.1, 0.15) is 16.2 Å². The molecule has 0 saturated carbocycles. The Hall–Kier alpha value is -2.29. The highest BCUT2D eigenvalue weighted by Gasteiger charge is 2.35. The predicted octanol–water partition coefficient (Wildman–Crippen LogP) is 2.43. The van der Waals surface area contributed by atoms with E-state index in [1.165, 1.54) is 12.1 Å². The minimum atomic E-state index is -4.70. The quantitative estimate of drug-likeness (QED) is 0.794. The number of carbonyl (C=O) groups excluding carboxylic acids is 1. The number of hydrogen-bond acceptors (Lipinski definition) is 4. The molecule has 0 fully saturated rings. The van der Waals surface area contributed by atoms with Gasteiger partial charge < -0.3 is 5.11 Å². The molecule has 1 heterocycles. The summed E-state index contributed by atoms with van der Waals surface area (Å²) in [6, 6.07) is 3.68. The first-order chi connectivity index (χ1) is 9.27. The highest BCUT2D eigenvalue weighted by Crippen LogP contribution is 2.27. The van der Waals surface area contributed by atoms with Crippen LogP contribution in [0.4, 0.5) is 19.1 Å². The summed E-state index contributed by atoms with van der Waals surface area (Å²) < 4.78 is 36.8. The van der Waals surface area contributed by atoms with Crippen LogP contribution in [0.2, 0.25) is 5.02 Å². The number of carbonyl (C=O) groups is 1. The Morgan fingerprint density at radius 2 is 2.10 bits per heavy atom. The van der Waals surface area contributed by atoms with Crippen LogP contribution >= 0.6 is 11.6 Å². The lowest BCUT2D eigenvalue weighted by atomic mass is 10.2. The number of amides is 1. The number of phenols is 1. The summed E-state index contributed by atoms with van der Waals surface area (Å²) in [7, 11) is 0. The molecule has 0 aliphatic carbocycles. The van der Waals surface area contributed by atoms with Crippen LogP contribution in [0.3, 0.4) is 0 Å². The van der Waals surface area contributed by atoms with Crippen molar-refractivity contribution in [2.75, 3.05) is 5.32 Å². The second-order valence-corrected chi connectivity index (χ2v) is 4.06. The third-order valence-electron chi connectivity index (χ3n) is 2.18. The van der Waals surface area contributed by atoms with Crippen LogP contribution in [0, 0.1) is 0 Å². The zero-order valence-electron chi connectivity index (χ0n) is 9.49. The van der Waals surface area contributed by atoms with E-state index in [1.807, 2.05) is 5.32 Å². The molecule has 2 rings (SSSR count). The Kier molecular flexibility index (Phi) is 3.53. The van der Waals surface area contributed by atoms with Gasteiger partial charge in [0.25, 0.3) is 5.91 Å². The number of anilines is 1. The second kappa shape index (κ2) is 5.00. The van der Waals surface area contributed by atoms with Gasteiger partial charge in [-0.25, -0.2) is 0 Å². The minimum absolute atomic E-state index is 0.180. The van der Waals surface area contributed by atoms with E-state index >= 15 is 0 Å². The lowest BCUT2D eigenvalue weighted by Crippen LogP contribution is -2.13. The summed E-state index contributed by atoms with van der Waals surface area (Å²) in [6.07, 6.45) is -4.70. The van der Waals surface area contributed by atoms with Crippen LogP contribution in [0.5, 0.6) is 5.75 Å². The first-order valence-electron chi connectivity index (χ1n) is 5.07. The first-order valence-corrected chi connectivity index (χ1v) is 5.44. The van der Waals surface area contributed by atoms with E-state index in [0.717, 1.165) is 6.07 Å². The maximum Gasteiger partial charge on any atom is 0.451 e. The molecular weight excluding hydrogens is 301 g/mol. The highest BCUT2D eigenvalue weighted by atomic mass is 35.5. The molecule has 2 aromatic rings. The van der Waals surface area contributed by atoms with Crippen molar-refractivity contribution in [2.24, 2.45) is 0 Å². The summed E-state index contributed by atoms with van der Waals surface area (Å²) in [5, 5.41) is 16.5. The number of H-pyrrole nitrogens is 1. The first kappa shape index (κ1) is 14.1. The Morgan fingerprint density at radius 3 is 2.70 bits per heavy atom. The van der Waals surface area contributed by atoms with Crippen LogP contribution < -0.4 is 5.32 Å². The number of phenolic OH excluding ortho intramolecular Hbond substituents is 1. The fraction of sp³-hybridized carbons (Fsp3) is 0.100. The van der Waals surface area contributed by atoms with Crippen LogP contribution in [-0.2, 0) is 6.18 Å². The van der Waals surface area contributed by atoms with Gasteiger partial charge in [0, 0.05) is 5.02 Å². The van der Waals surface area contributed by atoms with Crippen LogP contribution in [0.15, 0.2) is 18.2 Å². The molecule has 3 N–H and O–H groups in total. The van der Waals surface area contributed by atoms with Gasteiger partial charge in [0.05, 0.1) is 5.56 Å². The number of benzene rings is 1. The van der Waals surface area contributed by atoms with Gasteiger partial charge in [-0.2, -0.15) is 18.2 Å². The maximum atomic E-state index is 12.3. The Balaban J connectivity index is 2.20. The second-order valence-electron chi connectivity index (χ2n) is 3.62. The van der Waals surface area contributed by atoms with Crippen molar-refractivity contribution in [1.29, 1.82) is 0 Å². The third kappa shape index (κ3) is 2.99. The van der Waals surface area contributed by atoms with E-state index in [9.17, 15) is 23.1 Å². The molecule has 0 saturated heterocycles. The van der Waals surface area contributed by atoms with Gasteiger partial charge in [-0.15, -0.1) is 5.10 Å². The minimum Gasteiger partial charge on any atom is -0.507 e. The molecule has 0 radical (unpaired) electrons. The summed E-state index contributed by atoms with van der Waals surface area (Å²) >= 11 is 5.65. The lowest BCUT2D eigenvalue weighted by molar-refractivity contribution is -0.144. The smallest absolute Gasteiger partial charge is 0.451 e. The average molecular weight is 307 g/mol. The number of aromatic hydroxyl groups is 1. The number of nitrogens with zero attached hydrogens (tertiary/aromatic N) is 2. The van der Waals surface area contributed by atoms with Gasteiger partial charge in [-0.3, -0.25) is 15.2 Å². The molecule has 0 aliphatic heterocycles. The van der Waals surface area contributed by atoms with Crippen molar-refractivity contribution >= 4 is 23.5 Å². The fourth-order valence-corrected chi connectivity index (χ4v) is 1.48. The normalized spacial score (nSPS) is 11.4. The summed E-state index contributed by atoms with van der Waals surface area (Å²) in [4.78, 5) is 14.8. The van der Waals surface area contributed by atoms with Crippen molar-refractivity contribution in [3.63, 3.8) is 0 Å². The molecular formula is C10H6ClF3N4O2. The van der Waals surface area contributed by atoms with Gasteiger partial charge in [-0.05, 0) is 18.2 Å². The molecule has 0 spiro atoms. The molecule has 1 amide bonds. The van der Waals surface area contributed by atoms with Gasteiger partial charge >= 0.3 is 6.18 Å². The molecule has 0 atom stereocenters. The number of alkyl halides is 3. The van der Waals surface area contributed by atoms with Crippen molar-refractivity contribution in [3.8, 4) is 5.75 Å². The van der Waals surface area contributed by atoms with Crippen molar-refractivity contribution < 1.29 is 23.1 Å². The molecule has 1 aromatic heterocycles. The number of nitrogens with one attached hydrogen (secondary N) is 2. The molecule has 0 bridgehead atoms. The molecule has 0 unspecified atom stereocenters. The number of hydrogen-bond donors (Lipinski definition) is 3. The Bertz CT molecular complexity index is 656. The van der Waals surface area contributed by atoms with Gasteiger partial charge in [0.15, 0.2) is 0 Å². The topological polar surface area (TPSA) is 90.9 Å². The SMILES string of the molecule is O=C(Nc1n[nH]c(C(F)(F)F)n1)c1cc(Cl)ccc1O. The molecule has 0 aliphatic rings. The largest absolute Gasteiger partial charge is 0.507 e. The number of halogens is 4. The molecule has 20 heavy (non-hydrogen) atoms. The van der Waals surface area contributed by atoms with Crippen molar-refractivity contribution in [3.05, 3.63) is 34.6 Å². The Labute approximate surface area is 114 Å². The van der Waals surface area contributed by atoms with E-state index < -0.39 is 23.9 Å². The maximum absolute atomic E-state index is 12.3. The summed E-state index contributed by atoms with van der Waals surface area (Å²) in [5.41, 5.74) is -0.212. The third-order valence-corrected chi connectivity index (χ3v) is 2.42. The van der Waals surface area contributed by atoms with Crippen molar-refractivity contribution in [1.82, 2.24) is 15.2 Å². The van der Waals surface area contributed by atoms with E-state index in [4.69, 9.17) is 11.6 Å². The molecule has 1 aromatic carbocycles. The zero-order chi connectivity index (χ0) is 14.9. The summed E-state index contributed by atoms with van der Waals surface area (Å²) in [6.45, 7) is 0. The van der Waals surface area contributed by atoms with E-state index in [2.05, 4.69) is 10.1 Å². The van der Waals surface area contributed by atoms with Gasteiger partial charge in [-0.1, -0.05) is 11.6 Å². The van der Waals surface area contributed by atoms with E-state index in [0.29, 0.717) is 0 Å². The molecule has 6 nitrogen and oxygen atoms in total. The molecule has 106 valence electrons. The Morgan fingerprint density at radius 1 is 1.40 bits per heavy atom. The van der Waals surface area contributed by atoms with E-state index in [-0.39, 0.29) is 16.3 Å². The fourth-order valence-electron chi connectivity index (χ4n) is 1.30. The average Bonchev–Trinajstić information content (AvgIpc) is 2.80. The zero-order valence-corrected chi connectivity index (χ0v) is 10.2. The van der Waals surface area contributed by atoms with Crippen LogP contribution in [-0.4, -0.2) is 26.2 Å². The monoisotopic (exact) mass is 306 g/mol. The highest BCUT2D eigenvalue weighted by molar-refractivity contribution is 6.31. The van der Waals surface area contributed by atoms with Gasteiger partial charge in [0.1, 0.15) is 5.75 Å². The number of aromatic amines is 1. The van der Waals surface area contributed by atoms with E-state index in [1.54, 1.807) is 5.10 Å². The predicted molar refractivity (Wildman–Crippen MR) is 62.5 cm³/mol. The molecule has 10 heteroatoms. The number of aromatic nitrogens is 3. The van der Waals surface area contributed by atoms with Gasteiger partial charge in [0.2, 0.25) is 11.8 Å².